The first kappa shape index (κ1) is 13.0. The van der Waals surface area contributed by atoms with Gasteiger partial charge in [-0.3, -0.25) is 0 Å². The highest BCUT2D eigenvalue weighted by atomic mass is 32.1. The monoisotopic (exact) mass is 242 g/mol. The van der Waals surface area contributed by atoms with Crippen molar-refractivity contribution in [3.8, 4) is 5.75 Å². The predicted octanol–water partition coefficient (Wildman–Crippen LogP) is 3.58. The van der Waals surface area contributed by atoms with Crippen LogP contribution < -0.4 is 4.74 Å². The van der Waals surface area contributed by atoms with E-state index in [1.165, 1.54) is 11.3 Å². The Kier molecular flexibility index (Phi) is 4.80. The molecule has 1 aromatic rings. The molecule has 0 saturated heterocycles. The highest BCUT2D eigenvalue weighted by Crippen LogP contribution is 2.31. The molecule has 1 rings (SSSR count). The van der Waals surface area contributed by atoms with E-state index in [1.807, 2.05) is 19.9 Å². The molecule has 1 unspecified atom stereocenters. The molecule has 0 fully saturated rings. The van der Waals surface area contributed by atoms with E-state index in [9.17, 15) is 4.79 Å². The molecule has 0 spiro atoms. The Bertz CT molecular complexity index is 357. The van der Waals surface area contributed by atoms with E-state index in [-0.39, 0.29) is 6.10 Å². The Balaban J connectivity index is 2.84. The van der Waals surface area contributed by atoms with Crippen molar-refractivity contribution in [2.24, 2.45) is 0 Å². The van der Waals surface area contributed by atoms with E-state index in [0.29, 0.717) is 10.6 Å². The van der Waals surface area contributed by atoms with Crippen LogP contribution in [0.4, 0.5) is 0 Å². The van der Waals surface area contributed by atoms with Gasteiger partial charge in [-0.15, -0.1) is 11.3 Å². The molecular weight excluding hydrogens is 224 g/mol. The van der Waals surface area contributed by atoms with Gasteiger partial charge in [0.1, 0.15) is 5.75 Å². The summed E-state index contributed by atoms with van der Waals surface area (Å²) >= 11 is 1.30. The van der Waals surface area contributed by atoms with E-state index in [4.69, 9.17) is 9.84 Å². The fourth-order valence-corrected chi connectivity index (χ4v) is 2.38. The van der Waals surface area contributed by atoms with Gasteiger partial charge >= 0.3 is 5.97 Å². The first-order valence-corrected chi connectivity index (χ1v) is 6.42. The van der Waals surface area contributed by atoms with E-state index >= 15 is 0 Å². The number of thiophene rings is 1. The van der Waals surface area contributed by atoms with Crippen LogP contribution in [0.5, 0.6) is 5.75 Å². The van der Waals surface area contributed by atoms with Crippen LogP contribution in [0.25, 0.3) is 0 Å². The number of ether oxygens (including phenoxy) is 1. The lowest BCUT2D eigenvalue weighted by Gasteiger charge is -2.12. The molecular formula is C12H18O3S. The average molecular weight is 242 g/mol. The molecule has 0 amide bonds. The first-order valence-electron chi connectivity index (χ1n) is 5.61. The van der Waals surface area contributed by atoms with E-state index in [1.54, 1.807) is 0 Å². The number of aryl methyl sites for hydroxylation is 1. The van der Waals surface area contributed by atoms with Gasteiger partial charge in [0.15, 0.2) is 4.88 Å². The van der Waals surface area contributed by atoms with Crippen LogP contribution in [0.3, 0.4) is 0 Å². The number of carbonyl (C=O) groups is 1. The second kappa shape index (κ2) is 5.89. The fraction of sp³-hybridized carbons (Fsp3) is 0.583. The maximum atomic E-state index is 11.0. The van der Waals surface area contributed by atoms with Gasteiger partial charge in [0.05, 0.1) is 6.10 Å². The summed E-state index contributed by atoms with van der Waals surface area (Å²) in [5, 5.41) is 9.05. The average Bonchev–Trinajstić information content (AvgIpc) is 2.61. The zero-order valence-electron chi connectivity index (χ0n) is 9.95. The molecule has 90 valence electrons. The molecule has 0 aromatic carbocycles. The van der Waals surface area contributed by atoms with Gasteiger partial charge in [-0.2, -0.15) is 0 Å². The number of carboxylic acid groups (broad SMARTS) is 1. The van der Waals surface area contributed by atoms with Crippen LogP contribution in [-0.4, -0.2) is 17.2 Å². The Labute approximate surface area is 100 Å². The molecule has 0 bridgehead atoms. The summed E-state index contributed by atoms with van der Waals surface area (Å²) in [6, 6.07) is 1.85. The number of aromatic carboxylic acids is 1. The van der Waals surface area contributed by atoms with Crippen LogP contribution in [0, 0.1) is 0 Å². The maximum Gasteiger partial charge on any atom is 0.349 e. The summed E-state index contributed by atoms with van der Waals surface area (Å²) in [5.41, 5.74) is 0. The molecule has 16 heavy (non-hydrogen) atoms. The minimum absolute atomic E-state index is 0.0717. The normalized spacial score (nSPS) is 12.4. The summed E-state index contributed by atoms with van der Waals surface area (Å²) in [4.78, 5) is 12.4. The molecule has 3 nitrogen and oxygen atoms in total. The van der Waals surface area contributed by atoms with Crippen molar-refractivity contribution >= 4 is 17.3 Å². The van der Waals surface area contributed by atoms with Gasteiger partial charge < -0.3 is 9.84 Å². The first-order chi connectivity index (χ1) is 7.58. The SMILES string of the molecule is CCCC(C)Oc1cc(CC)sc1C(=O)O. The Morgan fingerprint density at radius 2 is 2.25 bits per heavy atom. The van der Waals surface area contributed by atoms with Crippen molar-refractivity contribution in [3.05, 3.63) is 15.8 Å². The Morgan fingerprint density at radius 1 is 1.56 bits per heavy atom. The highest BCUT2D eigenvalue weighted by molar-refractivity contribution is 7.14. The lowest BCUT2D eigenvalue weighted by atomic mass is 10.2. The van der Waals surface area contributed by atoms with Gasteiger partial charge in [0, 0.05) is 4.88 Å². The summed E-state index contributed by atoms with van der Waals surface area (Å²) in [7, 11) is 0. The molecule has 0 radical (unpaired) electrons. The zero-order valence-corrected chi connectivity index (χ0v) is 10.8. The summed E-state index contributed by atoms with van der Waals surface area (Å²) in [6.45, 7) is 6.07. The topological polar surface area (TPSA) is 46.5 Å². The van der Waals surface area contributed by atoms with Crippen LogP contribution >= 0.6 is 11.3 Å². The number of carboxylic acids is 1. The molecule has 1 N–H and O–H groups in total. The summed E-state index contributed by atoms with van der Waals surface area (Å²) in [6.07, 6.45) is 2.89. The second-order valence-corrected chi connectivity index (χ2v) is 4.92. The molecule has 4 heteroatoms. The van der Waals surface area contributed by atoms with Crippen molar-refractivity contribution in [2.45, 2.75) is 46.1 Å². The van der Waals surface area contributed by atoms with Gasteiger partial charge in [-0.25, -0.2) is 4.79 Å². The third-order valence-corrected chi connectivity index (χ3v) is 3.56. The van der Waals surface area contributed by atoms with Crippen molar-refractivity contribution in [1.29, 1.82) is 0 Å². The van der Waals surface area contributed by atoms with Gasteiger partial charge in [-0.05, 0) is 25.8 Å². The smallest absolute Gasteiger partial charge is 0.349 e. The minimum atomic E-state index is -0.900. The van der Waals surface area contributed by atoms with Crippen LogP contribution in [0.2, 0.25) is 0 Å². The lowest BCUT2D eigenvalue weighted by Crippen LogP contribution is -2.12. The number of hydrogen-bond acceptors (Lipinski definition) is 3. The van der Waals surface area contributed by atoms with Crippen LogP contribution in [-0.2, 0) is 6.42 Å². The van der Waals surface area contributed by atoms with Crippen LogP contribution in [0.15, 0.2) is 6.07 Å². The maximum absolute atomic E-state index is 11.0. The molecule has 1 atom stereocenters. The number of rotatable bonds is 6. The van der Waals surface area contributed by atoms with Crippen molar-refractivity contribution in [3.63, 3.8) is 0 Å². The fourth-order valence-electron chi connectivity index (χ4n) is 1.52. The minimum Gasteiger partial charge on any atom is -0.489 e. The largest absolute Gasteiger partial charge is 0.489 e. The van der Waals surface area contributed by atoms with Crippen LogP contribution in [0.1, 0.15) is 48.2 Å². The Hall–Kier alpha value is -1.03. The van der Waals surface area contributed by atoms with Crippen molar-refractivity contribution < 1.29 is 14.6 Å². The highest BCUT2D eigenvalue weighted by Gasteiger charge is 2.17. The second-order valence-electron chi connectivity index (χ2n) is 3.78. The van der Waals surface area contributed by atoms with E-state index in [0.717, 1.165) is 24.1 Å². The summed E-state index contributed by atoms with van der Waals surface area (Å²) in [5.74, 6) is -0.376. The molecule has 1 heterocycles. The standard InChI is InChI=1S/C12H18O3S/c1-4-6-8(3)15-10-7-9(5-2)16-11(10)12(13)14/h7-8H,4-6H2,1-3H3,(H,13,14). The van der Waals surface area contributed by atoms with Gasteiger partial charge in [0.2, 0.25) is 0 Å². The quantitative estimate of drug-likeness (QED) is 0.829. The lowest BCUT2D eigenvalue weighted by molar-refractivity contribution is 0.0695. The van der Waals surface area contributed by atoms with Crippen molar-refractivity contribution in [2.75, 3.05) is 0 Å². The Morgan fingerprint density at radius 3 is 2.75 bits per heavy atom. The molecule has 1 aromatic heterocycles. The summed E-state index contributed by atoms with van der Waals surface area (Å²) < 4.78 is 5.66. The van der Waals surface area contributed by atoms with Gasteiger partial charge in [0.25, 0.3) is 0 Å². The van der Waals surface area contributed by atoms with Gasteiger partial charge in [-0.1, -0.05) is 20.3 Å². The third kappa shape index (κ3) is 3.23. The molecule has 0 saturated carbocycles. The number of hydrogen-bond donors (Lipinski definition) is 1. The van der Waals surface area contributed by atoms with E-state index < -0.39 is 5.97 Å². The molecule has 0 aliphatic carbocycles. The predicted molar refractivity (Wildman–Crippen MR) is 65.7 cm³/mol. The zero-order chi connectivity index (χ0) is 12.1. The van der Waals surface area contributed by atoms with Crippen molar-refractivity contribution in [1.82, 2.24) is 0 Å². The molecule has 0 aliphatic heterocycles. The van der Waals surface area contributed by atoms with E-state index in [2.05, 4.69) is 6.92 Å². The third-order valence-electron chi connectivity index (χ3n) is 2.32. The molecule has 0 aliphatic rings.